The molecule has 9 heteroatoms. The van der Waals surface area contributed by atoms with Crippen molar-refractivity contribution in [2.75, 3.05) is 6.54 Å². The van der Waals surface area contributed by atoms with Crippen LogP contribution in [0.1, 0.15) is 55.9 Å². The number of hydrogen-bond donors (Lipinski definition) is 3. The van der Waals surface area contributed by atoms with Crippen molar-refractivity contribution < 1.29 is 19.5 Å². The van der Waals surface area contributed by atoms with E-state index in [1.54, 1.807) is 0 Å². The Balaban J connectivity index is 2.03. The zero-order valence-corrected chi connectivity index (χ0v) is 13.7. The Hall–Kier alpha value is -2.45. The molecule has 1 saturated carbocycles. The molecule has 1 fully saturated rings. The van der Waals surface area contributed by atoms with Gasteiger partial charge in [-0.05, 0) is 19.3 Å². The number of hydrogen-bond acceptors (Lipinski definition) is 5. The molecule has 0 radical (unpaired) electrons. The molecule has 0 unspecified atom stereocenters. The molecule has 9 nitrogen and oxygen atoms in total. The molecule has 3 N–H and O–H groups in total. The highest BCUT2D eigenvalue weighted by Gasteiger charge is 2.40. The number of amides is 2. The van der Waals surface area contributed by atoms with Gasteiger partial charge in [0.05, 0.1) is 6.20 Å². The molecule has 0 bridgehead atoms. The number of nitrogens with zero attached hydrogens (tertiary/aromatic N) is 3. The van der Waals surface area contributed by atoms with Crippen LogP contribution < -0.4 is 10.6 Å². The number of carbonyl (C=O) groups excluding carboxylic acids is 2. The van der Waals surface area contributed by atoms with Crippen molar-refractivity contribution in [1.29, 1.82) is 0 Å². The van der Waals surface area contributed by atoms with E-state index in [-0.39, 0.29) is 24.1 Å². The Morgan fingerprint density at radius 1 is 1.29 bits per heavy atom. The molecule has 0 aliphatic heterocycles. The second kappa shape index (κ2) is 7.89. The minimum absolute atomic E-state index is 0.151. The first-order valence-corrected chi connectivity index (χ1v) is 8.19. The lowest BCUT2D eigenvalue weighted by Gasteiger charge is -2.36. The van der Waals surface area contributed by atoms with E-state index in [4.69, 9.17) is 5.11 Å². The lowest BCUT2D eigenvalue weighted by atomic mass is 9.80. The smallest absolute Gasteiger partial charge is 0.358 e. The highest BCUT2D eigenvalue weighted by molar-refractivity contribution is 5.91. The maximum atomic E-state index is 12.5. The third-order valence-electron chi connectivity index (χ3n) is 4.12. The summed E-state index contributed by atoms with van der Waals surface area (Å²) in [6.45, 7) is 2.36. The van der Waals surface area contributed by atoms with E-state index in [1.165, 1.54) is 6.20 Å². The zero-order chi connectivity index (χ0) is 17.6. The lowest BCUT2D eigenvalue weighted by molar-refractivity contribution is -0.135. The number of carboxylic acid groups (broad SMARTS) is 1. The van der Waals surface area contributed by atoms with Crippen LogP contribution in [0.3, 0.4) is 0 Å². The van der Waals surface area contributed by atoms with Crippen molar-refractivity contribution in [3.63, 3.8) is 0 Å². The van der Waals surface area contributed by atoms with E-state index in [9.17, 15) is 14.4 Å². The van der Waals surface area contributed by atoms with Crippen molar-refractivity contribution in [3.05, 3.63) is 11.9 Å². The van der Waals surface area contributed by atoms with E-state index in [0.29, 0.717) is 19.4 Å². The summed E-state index contributed by atoms with van der Waals surface area (Å²) in [6.07, 6.45) is 6.03. The number of carbonyl (C=O) groups is 3. The van der Waals surface area contributed by atoms with Gasteiger partial charge < -0.3 is 15.7 Å². The van der Waals surface area contributed by atoms with Gasteiger partial charge in [-0.3, -0.25) is 9.59 Å². The van der Waals surface area contributed by atoms with Crippen LogP contribution in [0.5, 0.6) is 0 Å². The molecule has 0 aromatic carbocycles. The summed E-state index contributed by atoms with van der Waals surface area (Å²) in [7, 11) is 0. The molecule has 0 spiro atoms. The van der Waals surface area contributed by atoms with Gasteiger partial charge in [0.25, 0.3) is 0 Å². The van der Waals surface area contributed by atoms with Gasteiger partial charge in [0.1, 0.15) is 12.1 Å². The summed E-state index contributed by atoms with van der Waals surface area (Å²) >= 11 is 0. The molecular formula is C15H23N5O4. The van der Waals surface area contributed by atoms with Gasteiger partial charge in [0.15, 0.2) is 5.69 Å². The van der Waals surface area contributed by atoms with Crippen molar-refractivity contribution in [1.82, 2.24) is 25.6 Å². The van der Waals surface area contributed by atoms with Gasteiger partial charge in [-0.1, -0.05) is 31.4 Å². The number of nitrogens with one attached hydrogen (secondary N) is 2. The van der Waals surface area contributed by atoms with E-state index in [2.05, 4.69) is 20.9 Å². The molecule has 24 heavy (non-hydrogen) atoms. The fourth-order valence-electron chi connectivity index (χ4n) is 2.90. The van der Waals surface area contributed by atoms with Crippen LogP contribution >= 0.6 is 0 Å². The van der Waals surface area contributed by atoms with Crippen LogP contribution in [0.25, 0.3) is 0 Å². The Kier molecular flexibility index (Phi) is 5.88. The fraction of sp³-hybridized carbons (Fsp3) is 0.667. The summed E-state index contributed by atoms with van der Waals surface area (Å²) in [5.74, 6) is -1.74. The van der Waals surface area contributed by atoms with Crippen LogP contribution in [0, 0.1) is 0 Å². The molecule has 0 atom stereocenters. The average molecular weight is 337 g/mol. The number of aromatic carboxylic acids is 1. The molecule has 0 saturated heterocycles. The monoisotopic (exact) mass is 337 g/mol. The van der Waals surface area contributed by atoms with Crippen molar-refractivity contribution in [2.24, 2.45) is 0 Å². The maximum Gasteiger partial charge on any atom is 0.358 e. The summed E-state index contributed by atoms with van der Waals surface area (Å²) in [4.78, 5) is 35.6. The highest BCUT2D eigenvalue weighted by atomic mass is 16.4. The maximum absolute atomic E-state index is 12.5. The first-order chi connectivity index (χ1) is 11.5. The second-order valence-electron chi connectivity index (χ2n) is 6.05. The predicted molar refractivity (Wildman–Crippen MR) is 84.2 cm³/mol. The third-order valence-corrected chi connectivity index (χ3v) is 4.12. The SMILES string of the molecule is CCCNC(=O)C1(NC(=O)Cn2cc(C(=O)O)nn2)CCCCC1. The van der Waals surface area contributed by atoms with Crippen molar-refractivity contribution in [3.8, 4) is 0 Å². The number of carboxylic acids is 1. The van der Waals surface area contributed by atoms with Gasteiger partial charge in [-0.2, -0.15) is 0 Å². The van der Waals surface area contributed by atoms with E-state index >= 15 is 0 Å². The minimum Gasteiger partial charge on any atom is -0.476 e. The van der Waals surface area contributed by atoms with Gasteiger partial charge in [-0.15, -0.1) is 5.10 Å². The summed E-state index contributed by atoms with van der Waals surface area (Å²) in [6, 6.07) is 0. The first-order valence-electron chi connectivity index (χ1n) is 8.19. The van der Waals surface area contributed by atoms with E-state index in [1.807, 2.05) is 6.92 Å². The third kappa shape index (κ3) is 4.30. The molecule has 1 aromatic heterocycles. The first kappa shape index (κ1) is 17.9. The molecular weight excluding hydrogens is 314 g/mol. The number of aromatic nitrogens is 3. The predicted octanol–water partition coefficient (Wildman–Crippen LogP) is 0.322. The van der Waals surface area contributed by atoms with Crippen LogP contribution in [0.15, 0.2) is 6.20 Å². The van der Waals surface area contributed by atoms with E-state index in [0.717, 1.165) is 30.4 Å². The Morgan fingerprint density at radius 2 is 2.00 bits per heavy atom. The lowest BCUT2D eigenvalue weighted by Crippen LogP contribution is -2.60. The molecule has 1 aromatic rings. The Labute approximate surface area is 139 Å². The van der Waals surface area contributed by atoms with Crippen LogP contribution in [0.4, 0.5) is 0 Å². The standard InChI is InChI=1S/C15H23N5O4/c1-2-8-16-14(24)15(6-4-3-5-7-15)17-12(21)10-20-9-11(13(22)23)18-19-20/h9H,2-8,10H2,1H3,(H,16,24)(H,17,21)(H,22,23). The molecule has 132 valence electrons. The average Bonchev–Trinajstić information content (AvgIpc) is 3.02. The van der Waals surface area contributed by atoms with Gasteiger partial charge in [-0.25, -0.2) is 9.48 Å². The van der Waals surface area contributed by atoms with Crippen LogP contribution in [0.2, 0.25) is 0 Å². The second-order valence-corrected chi connectivity index (χ2v) is 6.05. The molecule has 2 amide bonds. The van der Waals surface area contributed by atoms with Crippen molar-refractivity contribution >= 4 is 17.8 Å². The molecule has 1 aliphatic rings. The largest absolute Gasteiger partial charge is 0.476 e. The van der Waals surface area contributed by atoms with E-state index < -0.39 is 11.5 Å². The Bertz CT molecular complexity index is 607. The zero-order valence-electron chi connectivity index (χ0n) is 13.7. The van der Waals surface area contributed by atoms with Gasteiger partial charge >= 0.3 is 5.97 Å². The summed E-state index contributed by atoms with van der Waals surface area (Å²) in [5, 5.41) is 21.6. The summed E-state index contributed by atoms with van der Waals surface area (Å²) in [5.41, 5.74) is -1.11. The normalized spacial score (nSPS) is 16.4. The highest BCUT2D eigenvalue weighted by Crippen LogP contribution is 2.28. The molecule has 1 heterocycles. The Morgan fingerprint density at radius 3 is 2.58 bits per heavy atom. The quantitative estimate of drug-likeness (QED) is 0.658. The number of rotatable bonds is 7. The van der Waals surface area contributed by atoms with Crippen LogP contribution in [-0.2, 0) is 16.1 Å². The fourth-order valence-corrected chi connectivity index (χ4v) is 2.90. The molecule has 1 aliphatic carbocycles. The minimum atomic E-state index is -1.20. The van der Waals surface area contributed by atoms with Gasteiger partial charge in [0.2, 0.25) is 11.8 Å². The summed E-state index contributed by atoms with van der Waals surface area (Å²) < 4.78 is 1.15. The van der Waals surface area contributed by atoms with Gasteiger partial charge in [0, 0.05) is 6.54 Å². The van der Waals surface area contributed by atoms with Crippen molar-refractivity contribution in [2.45, 2.75) is 57.5 Å². The molecule has 2 rings (SSSR count). The topological polar surface area (TPSA) is 126 Å². The van der Waals surface area contributed by atoms with Crippen LogP contribution in [-0.4, -0.2) is 50.0 Å².